The summed E-state index contributed by atoms with van der Waals surface area (Å²) in [4.78, 5) is 12.2. The van der Waals surface area contributed by atoms with Gasteiger partial charge in [0.25, 0.3) is 0 Å². The van der Waals surface area contributed by atoms with E-state index in [1.54, 1.807) is 13.0 Å². The van der Waals surface area contributed by atoms with E-state index in [0.29, 0.717) is 24.5 Å². The lowest BCUT2D eigenvalue weighted by Gasteiger charge is -2.26. The van der Waals surface area contributed by atoms with Gasteiger partial charge in [-0.1, -0.05) is 43.6 Å². The highest BCUT2D eigenvalue weighted by molar-refractivity contribution is 6.31. The van der Waals surface area contributed by atoms with Crippen LogP contribution in [0.3, 0.4) is 0 Å². The minimum Gasteiger partial charge on any atom is -0.393 e. The lowest BCUT2D eigenvalue weighted by atomic mass is 9.87. The summed E-state index contributed by atoms with van der Waals surface area (Å²) in [6.07, 6.45) is 3.58. The maximum Gasteiger partial charge on any atom is 0.244 e. The molecule has 1 heterocycles. The summed E-state index contributed by atoms with van der Waals surface area (Å²) < 4.78 is 1.90. The van der Waals surface area contributed by atoms with Gasteiger partial charge in [-0.05, 0) is 50.3 Å². The predicted molar refractivity (Wildman–Crippen MR) is 114 cm³/mol. The number of aliphatic hydroxyl groups excluding tert-OH is 1. The fraction of sp³-hybridized carbons (Fsp3) is 0.455. The van der Waals surface area contributed by atoms with Crippen LogP contribution in [0.2, 0.25) is 5.02 Å². The highest BCUT2D eigenvalue weighted by atomic mass is 35.5. The fourth-order valence-electron chi connectivity index (χ4n) is 3.31. The predicted octanol–water partition coefficient (Wildman–Crippen LogP) is 4.13. The number of carbonyl (C=O) groups is 1. The molecule has 0 bridgehead atoms. The van der Waals surface area contributed by atoms with E-state index in [1.165, 1.54) is 6.08 Å². The lowest BCUT2D eigenvalue weighted by molar-refractivity contribution is -0.117. The second-order valence-electron chi connectivity index (χ2n) is 8.10. The Hall–Kier alpha value is -2.11. The Bertz CT molecular complexity index is 853. The maximum absolute atomic E-state index is 12.2. The van der Waals surface area contributed by atoms with E-state index >= 15 is 0 Å². The monoisotopic (exact) mass is 403 g/mol. The molecule has 1 aromatic heterocycles. The molecule has 5 nitrogen and oxygen atoms in total. The van der Waals surface area contributed by atoms with Gasteiger partial charge in [-0.15, -0.1) is 0 Å². The van der Waals surface area contributed by atoms with Crippen molar-refractivity contribution in [2.45, 2.75) is 53.7 Å². The Kier molecular flexibility index (Phi) is 7.44. The molecular weight excluding hydrogens is 374 g/mol. The number of aromatic nitrogens is 2. The molecule has 2 N–H and O–H groups in total. The van der Waals surface area contributed by atoms with Crippen LogP contribution in [0.4, 0.5) is 0 Å². The largest absolute Gasteiger partial charge is 0.393 e. The number of halogens is 1. The number of hydrogen-bond donors (Lipinski definition) is 2. The molecule has 0 saturated heterocycles. The smallest absolute Gasteiger partial charge is 0.244 e. The van der Waals surface area contributed by atoms with Gasteiger partial charge in [0.1, 0.15) is 0 Å². The molecule has 0 aliphatic carbocycles. The van der Waals surface area contributed by atoms with Gasteiger partial charge in [0.05, 0.1) is 18.3 Å². The first-order valence-corrected chi connectivity index (χ1v) is 9.88. The molecule has 0 saturated carbocycles. The summed E-state index contributed by atoms with van der Waals surface area (Å²) in [5.74, 6) is -0.156. The average Bonchev–Trinajstić information content (AvgIpc) is 2.86. The normalized spacial score (nSPS) is 13.1. The topological polar surface area (TPSA) is 67.2 Å². The Labute approximate surface area is 172 Å². The fourth-order valence-corrected chi connectivity index (χ4v) is 3.51. The van der Waals surface area contributed by atoms with Gasteiger partial charge in [0, 0.05) is 28.9 Å². The van der Waals surface area contributed by atoms with Gasteiger partial charge in [0.15, 0.2) is 0 Å². The Balaban J connectivity index is 2.05. The highest BCUT2D eigenvalue weighted by Crippen LogP contribution is 2.22. The third-order valence-corrected chi connectivity index (χ3v) is 5.07. The van der Waals surface area contributed by atoms with Crippen molar-refractivity contribution in [3.05, 3.63) is 57.9 Å². The zero-order valence-corrected chi connectivity index (χ0v) is 18.0. The molecule has 2 aromatic rings. The standard InChI is InChI=1S/C22H30ClN3O2/c1-15(27)12-22(4,5)14-24-21(28)11-10-19-16(2)25-26(17(19)3)13-18-8-6-7-9-20(18)23/h6-11,15,27H,12-14H2,1-5H3,(H,24,28)/b11-10-/t15-/m1/s1. The Morgan fingerprint density at radius 2 is 2.04 bits per heavy atom. The minimum atomic E-state index is -0.392. The van der Waals surface area contributed by atoms with E-state index in [-0.39, 0.29) is 11.3 Å². The molecule has 0 fully saturated rings. The first-order valence-electron chi connectivity index (χ1n) is 9.50. The maximum atomic E-state index is 12.2. The van der Waals surface area contributed by atoms with Crippen molar-refractivity contribution in [3.8, 4) is 0 Å². The summed E-state index contributed by atoms with van der Waals surface area (Å²) in [7, 11) is 0. The van der Waals surface area contributed by atoms with Crippen LogP contribution in [0.1, 0.15) is 49.7 Å². The highest BCUT2D eigenvalue weighted by Gasteiger charge is 2.20. The van der Waals surface area contributed by atoms with Crippen LogP contribution in [-0.2, 0) is 11.3 Å². The van der Waals surface area contributed by atoms with Crippen molar-refractivity contribution >= 4 is 23.6 Å². The van der Waals surface area contributed by atoms with E-state index in [2.05, 4.69) is 10.4 Å². The number of amides is 1. The molecule has 1 amide bonds. The number of aliphatic hydroxyl groups is 1. The summed E-state index contributed by atoms with van der Waals surface area (Å²) in [5.41, 5.74) is 3.62. The SMILES string of the molecule is Cc1nn(Cc2ccccc2Cl)c(C)c1/C=C\C(=O)NCC(C)(C)C[C@@H](C)O. The van der Waals surface area contributed by atoms with Crippen LogP contribution >= 0.6 is 11.6 Å². The van der Waals surface area contributed by atoms with Gasteiger partial charge in [-0.3, -0.25) is 9.48 Å². The number of nitrogens with zero attached hydrogens (tertiary/aromatic N) is 2. The van der Waals surface area contributed by atoms with Crippen LogP contribution in [0, 0.1) is 19.3 Å². The average molecular weight is 404 g/mol. The summed E-state index contributed by atoms with van der Waals surface area (Å²) >= 11 is 6.26. The molecular formula is C22H30ClN3O2. The molecule has 1 atom stereocenters. The number of benzene rings is 1. The second-order valence-corrected chi connectivity index (χ2v) is 8.51. The third-order valence-electron chi connectivity index (χ3n) is 4.71. The van der Waals surface area contributed by atoms with E-state index < -0.39 is 6.10 Å². The molecule has 28 heavy (non-hydrogen) atoms. The molecule has 0 aliphatic rings. The molecule has 6 heteroatoms. The van der Waals surface area contributed by atoms with Crippen molar-refractivity contribution in [1.29, 1.82) is 0 Å². The van der Waals surface area contributed by atoms with E-state index in [4.69, 9.17) is 11.6 Å². The summed E-state index contributed by atoms with van der Waals surface area (Å²) in [6, 6.07) is 7.71. The quantitative estimate of drug-likeness (QED) is 0.651. The Morgan fingerprint density at radius 1 is 1.36 bits per heavy atom. The molecule has 1 aromatic carbocycles. The molecule has 0 unspecified atom stereocenters. The van der Waals surface area contributed by atoms with E-state index in [0.717, 1.165) is 22.5 Å². The minimum absolute atomic E-state index is 0.156. The summed E-state index contributed by atoms with van der Waals surface area (Å²) in [6.45, 7) is 10.8. The van der Waals surface area contributed by atoms with Crippen LogP contribution < -0.4 is 5.32 Å². The van der Waals surface area contributed by atoms with E-state index in [1.807, 2.05) is 56.6 Å². The summed E-state index contributed by atoms with van der Waals surface area (Å²) in [5, 5.41) is 17.8. The lowest BCUT2D eigenvalue weighted by Crippen LogP contribution is -2.34. The van der Waals surface area contributed by atoms with Gasteiger partial charge >= 0.3 is 0 Å². The number of rotatable bonds is 8. The van der Waals surface area contributed by atoms with Gasteiger partial charge in [0.2, 0.25) is 5.91 Å². The van der Waals surface area contributed by atoms with Crippen molar-refractivity contribution in [1.82, 2.24) is 15.1 Å². The van der Waals surface area contributed by atoms with Crippen LogP contribution in [0.25, 0.3) is 6.08 Å². The number of aryl methyl sites for hydroxylation is 1. The molecule has 2 rings (SSSR count). The number of carbonyl (C=O) groups excluding carboxylic acids is 1. The van der Waals surface area contributed by atoms with Crippen molar-refractivity contribution in [2.75, 3.05) is 6.54 Å². The van der Waals surface area contributed by atoms with Crippen LogP contribution in [-0.4, -0.2) is 33.4 Å². The first-order chi connectivity index (χ1) is 13.1. The van der Waals surface area contributed by atoms with Crippen molar-refractivity contribution in [3.63, 3.8) is 0 Å². The Morgan fingerprint density at radius 3 is 2.68 bits per heavy atom. The van der Waals surface area contributed by atoms with Crippen molar-refractivity contribution in [2.24, 2.45) is 5.41 Å². The van der Waals surface area contributed by atoms with E-state index in [9.17, 15) is 9.90 Å². The zero-order chi connectivity index (χ0) is 20.9. The van der Waals surface area contributed by atoms with Gasteiger partial charge in [-0.25, -0.2) is 0 Å². The number of nitrogens with one attached hydrogen (secondary N) is 1. The second kappa shape index (κ2) is 9.39. The molecule has 0 aliphatic heterocycles. The van der Waals surface area contributed by atoms with Gasteiger partial charge in [-0.2, -0.15) is 5.10 Å². The first kappa shape index (κ1) is 22.2. The van der Waals surface area contributed by atoms with Gasteiger partial charge < -0.3 is 10.4 Å². The molecule has 152 valence electrons. The van der Waals surface area contributed by atoms with Crippen LogP contribution in [0.5, 0.6) is 0 Å². The third kappa shape index (κ3) is 6.21. The zero-order valence-electron chi connectivity index (χ0n) is 17.3. The van der Waals surface area contributed by atoms with Crippen LogP contribution in [0.15, 0.2) is 30.3 Å². The molecule has 0 spiro atoms. The van der Waals surface area contributed by atoms with Crippen molar-refractivity contribution < 1.29 is 9.90 Å². The number of hydrogen-bond acceptors (Lipinski definition) is 3. The molecule has 0 radical (unpaired) electrons.